The molecule has 0 saturated carbocycles. The minimum Gasteiger partial charge on any atom is -0.441 e. The number of aromatic nitrogens is 1. The number of hydrogen-bond acceptors (Lipinski definition) is 3. The Hall–Kier alpha value is -2.92. The molecular formula is C22H18ClFN2O2. The summed E-state index contributed by atoms with van der Waals surface area (Å²) in [6, 6.07) is 12.4. The molecule has 2 aromatic carbocycles. The summed E-state index contributed by atoms with van der Waals surface area (Å²) in [6.45, 7) is 3.70. The lowest BCUT2D eigenvalue weighted by Crippen LogP contribution is -2.30. The smallest absolute Gasteiger partial charge is 0.231 e. The molecule has 0 aliphatic carbocycles. The Labute approximate surface area is 167 Å². The first-order valence-corrected chi connectivity index (χ1v) is 9.28. The van der Waals surface area contributed by atoms with Gasteiger partial charge in [0.15, 0.2) is 11.7 Å². The zero-order chi connectivity index (χ0) is 19.8. The van der Waals surface area contributed by atoms with Crippen LogP contribution in [0.4, 0.5) is 10.1 Å². The lowest BCUT2D eigenvalue weighted by molar-refractivity contribution is -0.117. The third-order valence-electron chi connectivity index (χ3n) is 4.82. The Morgan fingerprint density at radius 2 is 2.00 bits per heavy atom. The van der Waals surface area contributed by atoms with Gasteiger partial charge in [-0.3, -0.25) is 4.79 Å². The number of carbonyl (C=O) groups excluding carboxylic acids is 1. The van der Waals surface area contributed by atoms with Crippen LogP contribution in [0.1, 0.15) is 34.8 Å². The second-order valence-corrected chi connectivity index (χ2v) is 7.17. The van der Waals surface area contributed by atoms with Crippen molar-refractivity contribution >= 4 is 33.8 Å². The van der Waals surface area contributed by atoms with Crippen LogP contribution in [-0.2, 0) is 11.3 Å². The van der Waals surface area contributed by atoms with Crippen LogP contribution in [0.3, 0.4) is 0 Å². The Bertz CT molecular complexity index is 1100. The average molecular weight is 397 g/mol. The number of benzene rings is 2. The number of carbonyl (C=O) groups is 1. The summed E-state index contributed by atoms with van der Waals surface area (Å²) in [5, 5.41) is 0.456. The van der Waals surface area contributed by atoms with Gasteiger partial charge >= 0.3 is 0 Å². The molecule has 0 spiro atoms. The predicted octanol–water partition coefficient (Wildman–Crippen LogP) is 5.47. The lowest BCUT2D eigenvalue weighted by Gasteiger charge is -2.23. The molecule has 142 valence electrons. The number of aryl methyl sites for hydroxylation is 2. The Balaban J connectivity index is 1.78. The minimum absolute atomic E-state index is 0.0660. The standard InChI is InChI=1S/C22H18ClFN2O2/c1-13-7-8-15(9-18(13)24)12-26-19-6-4-3-5-16(19)22(23)17(10-21(26)27)20-11-25-14(2)28-20/h3-9,11H,10,12H2,1-2H3. The van der Waals surface area contributed by atoms with Crippen molar-refractivity contribution in [2.24, 2.45) is 0 Å². The van der Waals surface area contributed by atoms with Gasteiger partial charge in [-0.2, -0.15) is 0 Å². The first kappa shape index (κ1) is 18.4. The van der Waals surface area contributed by atoms with Crippen molar-refractivity contribution in [1.29, 1.82) is 0 Å². The number of rotatable bonds is 3. The van der Waals surface area contributed by atoms with E-state index in [-0.39, 0.29) is 24.7 Å². The zero-order valence-electron chi connectivity index (χ0n) is 15.5. The van der Waals surface area contributed by atoms with Gasteiger partial charge in [-0.1, -0.05) is 41.9 Å². The molecule has 1 aromatic heterocycles. The Morgan fingerprint density at radius 1 is 1.21 bits per heavy atom. The fourth-order valence-electron chi connectivity index (χ4n) is 3.30. The van der Waals surface area contributed by atoms with Crippen LogP contribution in [-0.4, -0.2) is 10.9 Å². The second-order valence-electron chi connectivity index (χ2n) is 6.79. The van der Waals surface area contributed by atoms with E-state index in [2.05, 4.69) is 4.98 Å². The molecule has 0 unspecified atom stereocenters. The molecule has 4 nitrogen and oxygen atoms in total. The molecule has 0 atom stereocenters. The Kier molecular flexibility index (Phi) is 4.77. The second kappa shape index (κ2) is 7.24. The topological polar surface area (TPSA) is 46.3 Å². The monoisotopic (exact) mass is 396 g/mol. The normalized spacial score (nSPS) is 14.3. The molecule has 3 aromatic rings. The van der Waals surface area contributed by atoms with Gasteiger partial charge in [-0.15, -0.1) is 0 Å². The molecule has 4 rings (SSSR count). The van der Waals surface area contributed by atoms with E-state index in [1.807, 2.05) is 30.3 Å². The van der Waals surface area contributed by atoms with Crippen LogP contribution in [0.15, 0.2) is 53.1 Å². The number of fused-ring (bicyclic) bond motifs is 1. The predicted molar refractivity (Wildman–Crippen MR) is 107 cm³/mol. The molecule has 0 fully saturated rings. The molecule has 1 aliphatic rings. The number of oxazole rings is 1. The van der Waals surface area contributed by atoms with E-state index >= 15 is 0 Å². The van der Waals surface area contributed by atoms with Crippen molar-refractivity contribution in [3.63, 3.8) is 0 Å². The highest BCUT2D eigenvalue weighted by Gasteiger charge is 2.29. The van der Waals surface area contributed by atoms with E-state index in [0.29, 0.717) is 39.1 Å². The van der Waals surface area contributed by atoms with Gasteiger partial charge in [0.25, 0.3) is 0 Å². The SMILES string of the molecule is Cc1ncc(C2=C(Cl)c3ccccc3N(Cc3ccc(C)c(F)c3)C(=O)C2)o1. The molecule has 0 N–H and O–H groups in total. The van der Waals surface area contributed by atoms with Crippen molar-refractivity contribution in [3.8, 4) is 0 Å². The maximum atomic E-state index is 14.0. The quantitative estimate of drug-likeness (QED) is 0.589. The minimum atomic E-state index is -0.290. The molecule has 0 saturated heterocycles. The molecule has 6 heteroatoms. The zero-order valence-corrected chi connectivity index (χ0v) is 16.3. The number of halogens is 2. The van der Waals surface area contributed by atoms with Crippen molar-refractivity contribution in [1.82, 2.24) is 4.98 Å². The van der Waals surface area contributed by atoms with E-state index in [1.165, 1.54) is 6.07 Å². The number of anilines is 1. The number of hydrogen-bond donors (Lipinski definition) is 0. The average Bonchev–Trinajstić information content (AvgIpc) is 3.08. The van der Waals surface area contributed by atoms with Gasteiger partial charge in [-0.25, -0.2) is 9.37 Å². The van der Waals surface area contributed by atoms with Gasteiger partial charge in [-0.05, 0) is 30.2 Å². The molecule has 0 radical (unpaired) electrons. The molecule has 1 amide bonds. The van der Waals surface area contributed by atoms with Crippen molar-refractivity contribution in [2.75, 3.05) is 4.90 Å². The number of nitrogens with zero attached hydrogens (tertiary/aromatic N) is 2. The maximum absolute atomic E-state index is 14.0. The van der Waals surface area contributed by atoms with Gasteiger partial charge < -0.3 is 9.32 Å². The summed E-state index contributed by atoms with van der Waals surface area (Å²) in [7, 11) is 0. The molecular weight excluding hydrogens is 379 g/mol. The fraction of sp³-hybridized carbons (Fsp3) is 0.182. The first-order chi connectivity index (χ1) is 13.4. The highest BCUT2D eigenvalue weighted by Crippen LogP contribution is 2.41. The summed E-state index contributed by atoms with van der Waals surface area (Å²) < 4.78 is 19.6. The first-order valence-electron chi connectivity index (χ1n) is 8.90. The van der Waals surface area contributed by atoms with Crippen molar-refractivity contribution < 1.29 is 13.6 Å². The summed E-state index contributed by atoms with van der Waals surface area (Å²) in [4.78, 5) is 18.9. The van der Waals surface area contributed by atoms with Crippen molar-refractivity contribution in [3.05, 3.63) is 82.8 Å². The van der Waals surface area contributed by atoms with Gasteiger partial charge in [0.1, 0.15) is 5.82 Å². The summed E-state index contributed by atoms with van der Waals surface area (Å²) in [6.07, 6.45) is 1.64. The lowest BCUT2D eigenvalue weighted by atomic mass is 10.1. The van der Waals surface area contributed by atoms with E-state index in [1.54, 1.807) is 31.0 Å². The highest BCUT2D eigenvalue weighted by molar-refractivity contribution is 6.53. The summed E-state index contributed by atoms with van der Waals surface area (Å²) in [5.74, 6) is 0.549. The van der Waals surface area contributed by atoms with E-state index in [9.17, 15) is 9.18 Å². The van der Waals surface area contributed by atoms with E-state index < -0.39 is 0 Å². The highest BCUT2D eigenvalue weighted by atomic mass is 35.5. The van der Waals surface area contributed by atoms with Gasteiger partial charge in [0.05, 0.1) is 29.9 Å². The summed E-state index contributed by atoms with van der Waals surface area (Å²) >= 11 is 6.69. The van der Waals surface area contributed by atoms with Crippen molar-refractivity contribution in [2.45, 2.75) is 26.8 Å². The van der Waals surface area contributed by atoms with Crippen LogP contribution < -0.4 is 4.90 Å². The van der Waals surface area contributed by atoms with Gasteiger partial charge in [0, 0.05) is 18.1 Å². The molecule has 2 heterocycles. The summed E-state index contributed by atoms with van der Waals surface area (Å²) in [5.41, 5.74) is 3.29. The molecule has 0 bridgehead atoms. The van der Waals surface area contributed by atoms with Crippen LogP contribution in [0.2, 0.25) is 0 Å². The van der Waals surface area contributed by atoms with E-state index in [0.717, 1.165) is 5.56 Å². The molecule has 28 heavy (non-hydrogen) atoms. The number of para-hydroxylation sites is 1. The third kappa shape index (κ3) is 3.34. The Morgan fingerprint density at radius 3 is 2.71 bits per heavy atom. The van der Waals surface area contributed by atoms with Crippen LogP contribution in [0, 0.1) is 19.7 Å². The van der Waals surface area contributed by atoms with Crippen LogP contribution in [0.25, 0.3) is 10.6 Å². The molecule has 1 aliphatic heterocycles. The largest absolute Gasteiger partial charge is 0.441 e. The van der Waals surface area contributed by atoms with Crippen LogP contribution >= 0.6 is 11.6 Å². The van der Waals surface area contributed by atoms with Crippen LogP contribution in [0.5, 0.6) is 0 Å². The maximum Gasteiger partial charge on any atom is 0.231 e. The van der Waals surface area contributed by atoms with Gasteiger partial charge in [0.2, 0.25) is 5.91 Å². The fourth-order valence-corrected chi connectivity index (χ4v) is 3.62. The van der Waals surface area contributed by atoms with E-state index in [4.69, 9.17) is 16.0 Å². The number of amides is 1. The third-order valence-corrected chi connectivity index (χ3v) is 5.25.